The zero-order valence-corrected chi connectivity index (χ0v) is 17.3. The lowest BCUT2D eigenvalue weighted by molar-refractivity contribution is 0.00578. The first-order chi connectivity index (χ1) is 11.7. The van der Waals surface area contributed by atoms with Crippen LogP contribution in [0.5, 0.6) is 0 Å². The molecular weight excluding hydrogens is 327 g/mol. The number of hydrogen-bond donors (Lipinski definition) is 0. The fraction of sp³-hybridized carbons (Fsp3) is 0.500. The smallest absolute Gasteiger partial charge is 0.412 e. The van der Waals surface area contributed by atoms with E-state index >= 15 is 0 Å². The van der Waals surface area contributed by atoms with Gasteiger partial charge in [-0.25, -0.2) is 0 Å². The van der Waals surface area contributed by atoms with Gasteiger partial charge in [0.1, 0.15) is 0 Å². The maximum atomic E-state index is 6.26. The van der Waals surface area contributed by atoms with Crippen LogP contribution in [-0.2, 0) is 13.7 Å². The molecule has 0 aromatic heterocycles. The van der Waals surface area contributed by atoms with Crippen LogP contribution in [-0.4, -0.2) is 33.2 Å². The molecule has 0 amide bonds. The Labute approximate surface area is 154 Å². The summed E-state index contributed by atoms with van der Waals surface area (Å²) in [6.07, 6.45) is 3.93. The highest BCUT2D eigenvalue weighted by atomic mass is 28.4. The molecule has 3 nitrogen and oxygen atoms in total. The lowest BCUT2D eigenvalue weighted by atomic mass is 9.79. The van der Waals surface area contributed by atoms with Crippen molar-refractivity contribution < 1.29 is 13.7 Å². The molecule has 1 fully saturated rings. The van der Waals surface area contributed by atoms with E-state index in [1.165, 1.54) is 5.19 Å². The van der Waals surface area contributed by atoms with Crippen LogP contribution in [0.1, 0.15) is 34.6 Å². The highest BCUT2D eigenvalue weighted by Crippen LogP contribution is 2.36. The van der Waals surface area contributed by atoms with Gasteiger partial charge in [0.05, 0.1) is 11.2 Å². The van der Waals surface area contributed by atoms with Gasteiger partial charge >= 0.3 is 7.12 Å². The SMILES string of the molecule is C=CC[Si](CC=C)(OCC)c1ccc(B2OC(C)(C)C(C)(C)O2)cc1. The van der Waals surface area contributed by atoms with Crippen molar-refractivity contribution in [2.24, 2.45) is 0 Å². The summed E-state index contributed by atoms with van der Waals surface area (Å²) in [6.45, 7) is 18.9. The molecule has 1 saturated heterocycles. The van der Waals surface area contributed by atoms with Crippen LogP contribution in [0.15, 0.2) is 49.6 Å². The van der Waals surface area contributed by atoms with Gasteiger partial charge in [0.2, 0.25) is 8.32 Å². The number of benzene rings is 1. The zero-order valence-electron chi connectivity index (χ0n) is 16.3. The van der Waals surface area contributed by atoms with E-state index in [0.29, 0.717) is 6.61 Å². The Balaban J connectivity index is 2.29. The lowest BCUT2D eigenvalue weighted by Crippen LogP contribution is -2.50. The molecule has 1 aliphatic rings. The molecule has 0 saturated carbocycles. The molecule has 0 atom stereocenters. The van der Waals surface area contributed by atoms with Crippen molar-refractivity contribution in [2.75, 3.05) is 6.61 Å². The molecule has 0 N–H and O–H groups in total. The van der Waals surface area contributed by atoms with Gasteiger partial charge in [0, 0.05) is 6.61 Å². The molecule has 0 bridgehead atoms. The van der Waals surface area contributed by atoms with Crippen molar-refractivity contribution in [1.82, 2.24) is 0 Å². The average Bonchev–Trinajstić information content (AvgIpc) is 2.76. The highest BCUT2D eigenvalue weighted by molar-refractivity contribution is 6.87. The summed E-state index contributed by atoms with van der Waals surface area (Å²) in [5, 5.41) is 1.26. The monoisotopic (exact) mass is 358 g/mol. The topological polar surface area (TPSA) is 27.7 Å². The normalized spacial score (nSPS) is 19.0. The second-order valence-electron chi connectivity index (χ2n) is 7.62. The molecule has 5 heteroatoms. The number of hydrogen-bond acceptors (Lipinski definition) is 3. The maximum absolute atomic E-state index is 6.26. The Bertz CT molecular complexity index is 584. The largest absolute Gasteiger partial charge is 0.494 e. The number of allylic oxidation sites excluding steroid dienone is 2. The third-order valence-corrected chi connectivity index (χ3v) is 9.45. The zero-order chi connectivity index (χ0) is 18.7. The van der Waals surface area contributed by atoms with Crippen molar-refractivity contribution in [3.8, 4) is 0 Å². The van der Waals surface area contributed by atoms with Crippen molar-refractivity contribution >= 4 is 26.1 Å². The minimum absolute atomic E-state index is 0.328. The summed E-state index contributed by atoms with van der Waals surface area (Å²) in [4.78, 5) is 0. The van der Waals surface area contributed by atoms with Gasteiger partial charge in [-0.2, -0.15) is 0 Å². The van der Waals surface area contributed by atoms with Crippen molar-refractivity contribution in [2.45, 2.75) is 57.9 Å². The minimum Gasteiger partial charge on any atom is -0.412 e. The summed E-state index contributed by atoms with van der Waals surface area (Å²) >= 11 is 0. The first-order valence-corrected chi connectivity index (χ1v) is 11.4. The van der Waals surface area contributed by atoms with Gasteiger partial charge < -0.3 is 13.7 Å². The van der Waals surface area contributed by atoms with Gasteiger partial charge in [-0.3, -0.25) is 0 Å². The quantitative estimate of drug-likeness (QED) is 0.525. The van der Waals surface area contributed by atoms with E-state index in [9.17, 15) is 0 Å². The van der Waals surface area contributed by atoms with Gasteiger partial charge in [-0.05, 0) is 57.4 Å². The van der Waals surface area contributed by atoms with E-state index in [1.807, 2.05) is 19.1 Å². The summed E-state index contributed by atoms with van der Waals surface area (Å²) in [5.41, 5.74) is 0.386. The summed E-state index contributed by atoms with van der Waals surface area (Å²) in [7, 11) is -2.44. The summed E-state index contributed by atoms with van der Waals surface area (Å²) in [6, 6.07) is 10.3. The average molecular weight is 358 g/mol. The Kier molecular flexibility index (Phi) is 6.15. The first kappa shape index (κ1) is 20.2. The number of rotatable bonds is 8. The molecule has 0 aliphatic carbocycles. The van der Waals surface area contributed by atoms with Gasteiger partial charge in [-0.15, -0.1) is 13.2 Å². The van der Waals surface area contributed by atoms with Crippen molar-refractivity contribution in [3.63, 3.8) is 0 Å². The molecule has 0 radical (unpaired) electrons. The molecule has 1 aromatic carbocycles. The fourth-order valence-corrected chi connectivity index (χ4v) is 6.49. The van der Waals surface area contributed by atoms with Crippen LogP contribution in [0, 0.1) is 0 Å². The third-order valence-electron chi connectivity index (χ3n) is 5.33. The molecule has 1 aromatic rings. The van der Waals surface area contributed by atoms with Crippen LogP contribution in [0.2, 0.25) is 12.1 Å². The third kappa shape index (κ3) is 4.00. The van der Waals surface area contributed by atoms with E-state index in [-0.39, 0.29) is 18.3 Å². The Morgan fingerprint density at radius 3 is 1.88 bits per heavy atom. The molecule has 0 spiro atoms. The lowest BCUT2D eigenvalue weighted by Gasteiger charge is -2.32. The molecule has 1 aliphatic heterocycles. The second kappa shape index (κ2) is 7.62. The highest BCUT2D eigenvalue weighted by Gasteiger charge is 2.51. The summed E-state index contributed by atoms with van der Waals surface area (Å²) in [5.74, 6) is 0. The van der Waals surface area contributed by atoms with Gasteiger partial charge in [0.25, 0.3) is 0 Å². The molecule has 136 valence electrons. The van der Waals surface area contributed by atoms with Crippen LogP contribution in [0.4, 0.5) is 0 Å². The molecular formula is C20H31BO3Si. The predicted octanol–water partition coefficient (Wildman–Crippen LogP) is 3.55. The van der Waals surface area contributed by atoms with E-state index in [1.54, 1.807) is 0 Å². The Hall–Kier alpha value is -1.14. The standard InChI is InChI=1S/C20H31BO3Si/c1-8-15-25(16-9-2,22-10-3)18-13-11-17(12-14-18)21-23-19(4,5)20(6,7)24-21/h8-9,11-14H,1-2,10,15-16H2,3-7H3. The van der Waals surface area contributed by atoms with Crippen molar-refractivity contribution in [3.05, 3.63) is 49.6 Å². The van der Waals surface area contributed by atoms with Gasteiger partial charge in [-0.1, -0.05) is 36.4 Å². The predicted molar refractivity (Wildman–Crippen MR) is 109 cm³/mol. The summed E-state index contributed by atoms with van der Waals surface area (Å²) < 4.78 is 18.5. The van der Waals surface area contributed by atoms with E-state index in [4.69, 9.17) is 13.7 Å². The Morgan fingerprint density at radius 1 is 1.00 bits per heavy atom. The molecule has 25 heavy (non-hydrogen) atoms. The minimum atomic E-state index is -2.11. The molecule has 0 unspecified atom stereocenters. The van der Waals surface area contributed by atoms with Crippen LogP contribution >= 0.6 is 0 Å². The Morgan fingerprint density at radius 2 is 1.48 bits per heavy atom. The van der Waals surface area contributed by atoms with Gasteiger partial charge in [0.15, 0.2) is 0 Å². The molecule has 1 heterocycles. The maximum Gasteiger partial charge on any atom is 0.494 e. The fourth-order valence-electron chi connectivity index (χ4n) is 3.19. The first-order valence-electron chi connectivity index (χ1n) is 9.03. The second-order valence-corrected chi connectivity index (χ2v) is 11.3. The van der Waals surface area contributed by atoms with E-state index in [2.05, 4.69) is 65.1 Å². The van der Waals surface area contributed by atoms with Crippen LogP contribution < -0.4 is 10.6 Å². The van der Waals surface area contributed by atoms with E-state index in [0.717, 1.165) is 17.6 Å². The van der Waals surface area contributed by atoms with Crippen molar-refractivity contribution in [1.29, 1.82) is 0 Å². The van der Waals surface area contributed by atoms with Crippen LogP contribution in [0.25, 0.3) is 0 Å². The van der Waals surface area contributed by atoms with Crippen LogP contribution in [0.3, 0.4) is 0 Å². The van der Waals surface area contributed by atoms with E-state index < -0.39 is 8.32 Å². The molecule has 2 rings (SSSR count).